The van der Waals surface area contributed by atoms with E-state index in [-0.39, 0.29) is 11.4 Å². The molecule has 33 heavy (non-hydrogen) atoms. The molecule has 0 bridgehead atoms. The van der Waals surface area contributed by atoms with E-state index in [2.05, 4.69) is 22.2 Å². The minimum atomic E-state index is -5.08. The van der Waals surface area contributed by atoms with E-state index in [1.807, 2.05) is 6.07 Å². The summed E-state index contributed by atoms with van der Waals surface area (Å²) in [5, 5.41) is 10.6. The van der Waals surface area contributed by atoms with Crippen molar-refractivity contribution in [2.45, 2.75) is 32.1 Å². The number of aliphatic carboxylic acids is 1. The van der Waals surface area contributed by atoms with Crippen LogP contribution < -0.4 is 10.9 Å². The van der Waals surface area contributed by atoms with Gasteiger partial charge in [-0.1, -0.05) is 19.1 Å². The summed E-state index contributed by atoms with van der Waals surface area (Å²) in [5.41, 5.74) is 1.41. The lowest BCUT2D eigenvalue weighted by molar-refractivity contribution is -0.192. The van der Waals surface area contributed by atoms with Crippen molar-refractivity contribution >= 4 is 27.5 Å². The Hall–Kier alpha value is -2.83. The van der Waals surface area contributed by atoms with E-state index in [9.17, 15) is 22.4 Å². The highest BCUT2D eigenvalue weighted by Crippen LogP contribution is 2.31. The third-order valence-corrected chi connectivity index (χ3v) is 6.23. The molecule has 2 aromatic heterocycles. The molecule has 4 rings (SSSR count). The van der Waals surface area contributed by atoms with Gasteiger partial charge in [0, 0.05) is 10.9 Å². The van der Waals surface area contributed by atoms with Gasteiger partial charge in [0.2, 0.25) is 0 Å². The van der Waals surface area contributed by atoms with Crippen LogP contribution in [0.5, 0.6) is 0 Å². The molecule has 178 valence electrons. The maximum Gasteiger partial charge on any atom is 0.490 e. The summed E-state index contributed by atoms with van der Waals surface area (Å²) < 4.78 is 51.0. The molecule has 1 aliphatic rings. The molecule has 1 aromatic carbocycles. The zero-order valence-electron chi connectivity index (χ0n) is 17.4. The Labute approximate surface area is 189 Å². The second-order valence-electron chi connectivity index (χ2n) is 7.34. The van der Waals surface area contributed by atoms with Crippen molar-refractivity contribution in [1.29, 1.82) is 0 Å². The Balaban J connectivity index is 0.000000383. The van der Waals surface area contributed by atoms with Crippen LogP contribution in [0.25, 0.3) is 20.7 Å². The molecule has 2 atom stereocenters. The molecular formula is C21H21F4N3O4S. The summed E-state index contributed by atoms with van der Waals surface area (Å²) >= 11 is 1.37. The molecular weight excluding hydrogens is 466 g/mol. The van der Waals surface area contributed by atoms with Crippen LogP contribution in [0.15, 0.2) is 35.1 Å². The number of hydrogen-bond donors (Lipinski definition) is 3. The van der Waals surface area contributed by atoms with Gasteiger partial charge in [-0.2, -0.15) is 13.2 Å². The molecule has 0 radical (unpaired) electrons. The zero-order chi connectivity index (χ0) is 24.2. The number of nitrogens with one attached hydrogen (secondary N) is 2. The average molecular weight is 487 g/mol. The first-order valence-electron chi connectivity index (χ1n) is 9.98. The number of carboxylic acid groups (broad SMARTS) is 1. The van der Waals surface area contributed by atoms with E-state index in [1.165, 1.54) is 23.5 Å². The van der Waals surface area contributed by atoms with Crippen LogP contribution >= 0.6 is 11.3 Å². The highest BCUT2D eigenvalue weighted by Gasteiger charge is 2.38. The number of alkyl halides is 3. The SMILES string of the molecule is CCC1COCC1NCc1nc2cc(-c3ccc(F)cc3)sc2c(=O)[nH]1.O=C(O)C(F)(F)F. The molecule has 12 heteroatoms. The van der Waals surface area contributed by atoms with E-state index in [1.54, 1.807) is 12.1 Å². The Kier molecular flexibility index (Phi) is 7.82. The summed E-state index contributed by atoms with van der Waals surface area (Å²) in [5.74, 6) is -1.92. The monoisotopic (exact) mass is 487 g/mol. The largest absolute Gasteiger partial charge is 0.490 e. The van der Waals surface area contributed by atoms with Gasteiger partial charge in [-0.3, -0.25) is 4.79 Å². The minimum Gasteiger partial charge on any atom is -0.475 e. The first-order chi connectivity index (χ1) is 15.6. The van der Waals surface area contributed by atoms with Gasteiger partial charge >= 0.3 is 12.1 Å². The highest BCUT2D eigenvalue weighted by molar-refractivity contribution is 7.22. The number of aromatic amines is 1. The smallest absolute Gasteiger partial charge is 0.475 e. The summed E-state index contributed by atoms with van der Waals surface area (Å²) in [6, 6.07) is 8.43. The summed E-state index contributed by atoms with van der Waals surface area (Å²) in [6.45, 7) is 4.13. The van der Waals surface area contributed by atoms with Gasteiger partial charge in [-0.15, -0.1) is 11.3 Å². The second kappa shape index (κ2) is 10.4. The van der Waals surface area contributed by atoms with E-state index < -0.39 is 12.1 Å². The van der Waals surface area contributed by atoms with Crippen LogP contribution in [-0.2, 0) is 16.1 Å². The van der Waals surface area contributed by atoms with Crippen molar-refractivity contribution in [3.8, 4) is 10.4 Å². The number of fused-ring (bicyclic) bond motifs is 1. The summed E-state index contributed by atoms with van der Waals surface area (Å²) in [4.78, 5) is 29.7. The predicted molar refractivity (Wildman–Crippen MR) is 115 cm³/mol. The number of hydrogen-bond acceptors (Lipinski definition) is 6. The topological polar surface area (TPSA) is 104 Å². The Morgan fingerprint density at radius 1 is 1.30 bits per heavy atom. The van der Waals surface area contributed by atoms with Gasteiger partial charge in [0.25, 0.3) is 5.56 Å². The fraction of sp³-hybridized carbons (Fsp3) is 0.381. The van der Waals surface area contributed by atoms with Crippen LogP contribution in [-0.4, -0.2) is 46.5 Å². The molecule has 2 unspecified atom stereocenters. The summed E-state index contributed by atoms with van der Waals surface area (Å²) in [6.07, 6.45) is -4.02. The predicted octanol–water partition coefficient (Wildman–Crippen LogP) is 3.94. The van der Waals surface area contributed by atoms with Crippen molar-refractivity contribution in [1.82, 2.24) is 15.3 Å². The molecule has 1 fully saturated rings. The molecule has 1 aliphatic heterocycles. The van der Waals surface area contributed by atoms with Crippen molar-refractivity contribution in [2.75, 3.05) is 13.2 Å². The first-order valence-corrected chi connectivity index (χ1v) is 10.8. The minimum absolute atomic E-state index is 0.139. The first kappa shape index (κ1) is 24.8. The molecule has 0 amide bonds. The number of nitrogens with zero attached hydrogens (tertiary/aromatic N) is 1. The van der Waals surface area contributed by atoms with Crippen LogP contribution in [0.3, 0.4) is 0 Å². The normalized spacial score (nSPS) is 18.2. The third-order valence-electron chi connectivity index (χ3n) is 5.06. The lowest BCUT2D eigenvalue weighted by atomic mass is 10.0. The van der Waals surface area contributed by atoms with Crippen molar-refractivity contribution in [3.63, 3.8) is 0 Å². The molecule has 7 nitrogen and oxygen atoms in total. The number of carbonyl (C=O) groups is 1. The Morgan fingerprint density at radius 2 is 1.97 bits per heavy atom. The molecule has 1 saturated heterocycles. The Morgan fingerprint density at radius 3 is 2.58 bits per heavy atom. The number of H-pyrrole nitrogens is 1. The number of carboxylic acids is 1. The average Bonchev–Trinajstić information content (AvgIpc) is 3.39. The van der Waals surface area contributed by atoms with E-state index in [0.717, 1.165) is 23.5 Å². The van der Waals surface area contributed by atoms with Crippen LogP contribution in [0, 0.1) is 11.7 Å². The molecule has 3 heterocycles. The number of ether oxygens (including phenoxy) is 1. The van der Waals surface area contributed by atoms with Crippen molar-refractivity contribution in [2.24, 2.45) is 5.92 Å². The fourth-order valence-electron chi connectivity index (χ4n) is 3.28. The van der Waals surface area contributed by atoms with Gasteiger partial charge in [0.05, 0.1) is 25.3 Å². The van der Waals surface area contributed by atoms with Crippen LogP contribution in [0.1, 0.15) is 19.2 Å². The van der Waals surface area contributed by atoms with Gasteiger partial charge < -0.3 is 20.1 Å². The van der Waals surface area contributed by atoms with Gasteiger partial charge in [-0.05, 0) is 36.1 Å². The van der Waals surface area contributed by atoms with Gasteiger partial charge in [0.1, 0.15) is 16.3 Å². The zero-order valence-corrected chi connectivity index (χ0v) is 18.2. The van der Waals surface area contributed by atoms with E-state index in [4.69, 9.17) is 14.6 Å². The standard InChI is InChI=1S/C19H20FN3O2S.C2HF3O2/c1-2-11-9-25-10-15(11)21-8-17-22-14-7-16(26-18(14)19(24)23-17)12-3-5-13(20)6-4-12;3-2(4,5)1(6)7/h3-7,11,15,21H,2,8-10H2,1H3,(H,22,23,24);(H,6,7). The van der Waals surface area contributed by atoms with E-state index >= 15 is 0 Å². The molecule has 3 aromatic rings. The van der Waals surface area contributed by atoms with Crippen molar-refractivity contribution in [3.05, 3.63) is 52.3 Å². The number of benzene rings is 1. The number of aromatic nitrogens is 2. The number of rotatable bonds is 5. The van der Waals surface area contributed by atoms with Crippen LogP contribution in [0.2, 0.25) is 0 Å². The molecule has 0 spiro atoms. The lowest BCUT2D eigenvalue weighted by Crippen LogP contribution is -2.35. The van der Waals surface area contributed by atoms with Crippen LogP contribution in [0.4, 0.5) is 17.6 Å². The maximum atomic E-state index is 13.1. The lowest BCUT2D eigenvalue weighted by Gasteiger charge is -2.16. The highest BCUT2D eigenvalue weighted by atomic mass is 32.1. The van der Waals surface area contributed by atoms with Crippen molar-refractivity contribution < 1.29 is 32.2 Å². The second-order valence-corrected chi connectivity index (χ2v) is 8.39. The summed E-state index contributed by atoms with van der Waals surface area (Å²) in [7, 11) is 0. The van der Waals surface area contributed by atoms with Gasteiger partial charge in [0.15, 0.2) is 0 Å². The fourth-order valence-corrected chi connectivity index (χ4v) is 4.28. The number of halogens is 4. The van der Waals surface area contributed by atoms with Gasteiger partial charge in [-0.25, -0.2) is 14.2 Å². The third kappa shape index (κ3) is 6.36. The molecule has 0 aliphatic carbocycles. The molecule has 0 saturated carbocycles. The molecule has 3 N–H and O–H groups in total. The number of thiophene rings is 1. The maximum absolute atomic E-state index is 13.1. The quantitative estimate of drug-likeness (QED) is 0.471. The Bertz CT molecular complexity index is 1160. The van der Waals surface area contributed by atoms with E-state index in [0.29, 0.717) is 41.2 Å².